The number of rotatable bonds is 5. The Morgan fingerprint density at radius 3 is 2.89 bits per heavy atom. The molecule has 1 N–H and O–H groups in total. The van der Waals surface area contributed by atoms with E-state index >= 15 is 0 Å². The van der Waals surface area contributed by atoms with Crippen molar-refractivity contribution in [2.75, 3.05) is 25.0 Å². The second-order valence-electron chi connectivity index (χ2n) is 4.13. The Morgan fingerprint density at radius 2 is 2.32 bits per heavy atom. The smallest absolute Gasteiger partial charge is 0.410 e. The van der Waals surface area contributed by atoms with Gasteiger partial charge in [-0.1, -0.05) is 12.1 Å². The van der Waals surface area contributed by atoms with Crippen LogP contribution in [0.15, 0.2) is 18.2 Å². The van der Waals surface area contributed by atoms with Gasteiger partial charge < -0.3 is 15.0 Å². The number of benzene rings is 1. The zero-order valence-corrected chi connectivity index (χ0v) is 10.6. The number of hydrogen-bond acceptors (Lipinski definition) is 5. The summed E-state index contributed by atoms with van der Waals surface area (Å²) in [7, 11) is 0. The molecule has 1 aromatic rings. The Hall–Kier alpha value is -2.31. The van der Waals surface area contributed by atoms with Crippen molar-refractivity contribution in [1.82, 2.24) is 4.90 Å². The summed E-state index contributed by atoms with van der Waals surface area (Å²) < 4.78 is 4.85. The van der Waals surface area contributed by atoms with Crippen LogP contribution < -0.4 is 5.32 Å². The number of nitrogens with one attached hydrogen (secondary N) is 1. The molecular formula is C12H15N3O4. The first-order chi connectivity index (χ1) is 9.13. The van der Waals surface area contributed by atoms with E-state index in [1.807, 2.05) is 6.92 Å². The number of ether oxygens (including phenoxy) is 1. The molecule has 1 aliphatic rings. The van der Waals surface area contributed by atoms with Crippen LogP contribution in [0.3, 0.4) is 0 Å². The third-order valence-electron chi connectivity index (χ3n) is 2.89. The van der Waals surface area contributed by atoms with E-state index in [1.165, 1.54) is 11.0 Å². The van der Waals surface area contributed by atoms with Gasteiger partial charge in [-0.2, -0.15) is 0 Å². The minimum Gasteiger partial charge on any atom is -0.448 e. The van der Waals surface area contributed by atoms with E-state index in [9.17, 15) is 14.9 Å². The van der Waals surface area contributed by atoms with Gasteiger partial charge in [0.2, 0.25) is 0 Å². The summed E-state index contributed by atoms with van der Waals surface area (Å²) in [4.78, 5) is 23.5. The highest BCUT2D eigenvalue weighted by Crippen LogP contribution is 2.29. The summed E-state index contributed by atoms with van der Waals surface area (Å²) in [5.74, 6) is 0. The molecule has 102 valence electrons. The summed E-state index contributed by atoms with van der Waals surface area (Å²) in [6, 6.07) is 4.84. The maximum Gasteiger partial charge on any atom is 0.410 e. The number of carbonyl (C=O) groups excluding carboxylic acids is 1. The van der Waals surface area contributed by atoms with Crippen molar-refractivity contribution in [3.63, 3.8) is 0 Å². The Bertz CT molecular complexity index is 504. The molecule has 0 aliphatic carbocycles. The highest BCUT2D eigenvalue weighted by atomic mass is 16.6. The predicted octanol–water partition coefficient (Wildman–Crippen LogP) is 1.98. The van der Waals surface area contributed by atoms with Crippen LogP contribution in [0.1, 0.15) is 12.5 Å². The van der Waals surface area contributed by atoms with Gasteiger partial charge in [0.1, 0.15) is 12.3 Å². The lowest BCUT2D eigenvalue weighted by atomic mass is 10.1. The van der Waals surface area contributed by atoms with Crippen LogP contribution in [-0.2, 0) is 11.3 Å². The van der Waals surface area contributed by atoms with Gasteiger partial charge in [0.05, 0.1) is 18.0 Å². The van der Waals surface area contributed by atoms with Crippen molar-refractivity contribution in [3.05, 3.63) is 33.9 Å². The molecule has 1 aliphatic heterocycles. The van der Waals surface area contributed by atoms with Crippen LogP contribution in [-0.4, -0.2) is 35.6 Å². The number of anilines is 1. The van der Waals surface area contributed by atoms with Gasteiger partial charge >= 0.3 is 6.09 Å². The average Bonchev–Trinajstić information content (AvgIpc) is 2.77. The molecule has 0 spiro atoms. The Morgan fingerprint density at radius 1 is 1.53 bits per heavy atom. The van der Waals surface area contributed by atoms with E-state index in [-0.39, 0.29) is 11.8 Å². The molecule has 1 aromatic carbocycles. The van der Waals surface area contributed by atoms with Crippen LogP contribution in [0.4, 0.5) is 16.2 Å². The zero-order valence-electron chi connectivity index (χ0n) is 10.6. The average molecular weight is 265 g/mol. The first-order valence-electron chi connectivity index (χ1n) is 6.05. The number of amides is 1. The number of cyclic esters (lactones) is 1. The normalized spacial score (nSPS) is 14.4. The number of carbonyl (C=O) groups is 1. The van der Waals surface area contributed by atoms with Crippen molar-refractivity contribution < 1.29 is 14.5 Å². The maximum absolute atomic E-state index is 11.4. The molecule has 0 atom stereocenters. The molecular weight excluding hydrogens is 250 g/mol. The van der Waals surface area contributed by atoms with Gasteiger partial charge in [0, 0.05) is 18.2 Å². The van der Waals surface area contributed by atoms with Crippen molar-refractivity contribution in [3.8, 4) is 0 Å². The number of nitro groups is 1. The summed E-state index contributed by atoms with van der Waals surface area (Å²) in [6.45, 7) is 3.62. The SMILES string of the molecule is CCNc1c(CN2CCOC2=O)cccc1[N+](=O)[O-]. The van der Waals surface area contributed by atoms with Gasteiger partial charge in [0.25, 0.3) is 5.69 Å². The fourth-order valence-corrected chi connectivity index (χ4v) is 2.03. The Balaban J connectivity index is 2.30. The lowest BCUT2D eigenvalue weighted by molar-refractivity contribution is -0.384. The molecule has 19 heavy (non-hydrogen) atoms. The topological polar surface area (TPSA) is 84.7 Å². The van der Waals surface area contributed by atoms with E-state index in [4.69, 9.17) is 4.74 Å². The van der Waals surface area contributed by atoms with Gasteiger partial charge in [-0.05, 0) is 6.92 Å². The largest absolute Gasteiger partial charge is 0.448 e. The second kappa shape index (κ2) is 5.55. The third-order valence-corrected chi connectivity index (χ3v) is 2.89. The fraction of sp³-hybridized carbons (Fsp3) is 0.417. The maximum atomic E-state index is 11.4. The number of nitro benzene ring substituents is 1. The predicted molar refractivity (Wildman–Crippen MR) is 69.0 cm³/mol. The van der Waals surface area contributed by atoms with E-state index in [1.54, 1.807) is 12.1 Å². The Kier molecular flexibility index (Phi) is 3.84. The highest BCUT2D eigenvalue weighted by Gasteiger charge is 2.25. The van der Waals surface area contributed by atoms with Crippen LogP contribution >= 0.6 is 0 Å². The molecule has 0 unspecified atom stereocenters. The van der Waals surface area contributed by atoms with Crippen molar-refractivity contribution in [2.24, 2.45) is 0 Å². The standard InChI is InChI=1S/C12H15N3O4/c1-2-13-11-9(4-3-5-10(11)15(17)18)8-14-6-7-19-12(14)16/h3-5,13H,2,6-8H2,1H3. The molecule has 7 nitrogen and oxygen atoms in total. The summed E-state index contributed by atoms with van der Waals surface area (Å²) in [6.07, 6.45) is -0.381. The van der Waals surface area contributed by atoms with Gasteiger partial charge in [-0.25, -0.2) is 4.79 Å². The number of para-hydroxylation sites is 1. The second-order valence-corrected chi connectivity index (χ2v) is 4.13. The minimum atomic E-state index is -0.427. The molecule has 0 radical (unpaired) electrons. The molecule has 0 bridgehead atoms. The third kappa shape index (κ3) is 2.75. The van der Waals surface area contributed by atoms with Gasteiger partial charge in [-0.15, -0.1) is 0 Å². The lowest BCUT2D eigenvalue weighted by Gasteiger charge is -2.16. The van der Waals surface area contributed by atoms with Crippen LogP contribution in [0, 0.1) is 10.1 Å². The first-order valence-corrected chi connectivity index (χ1v) is 6.05. The van der Waals surface area contributed by atoms with Crippen LogP contribution in [0.2, 0.25) is 0 Å². The van der Waals surface area contributed by atoms with Crippen molar-refractivity contribution >= 4 is 17.5 Å². The molecule has 0 saturated carbocycles. The summed E-state index contributed by atoms with van der Waals surface area (Å²) in [5.41, 5.74) is 1.21. The van der Waals surface area contributed by atoms with E-state index in [0.29, 0.717) is 31.9 Å². The number of nitrogens with zero attached hydrogens (tertiary/aromatic N) is 2. The van der Waals surface area contributed by atoms with E-state index in [0.717, 1.165) is 5.56 Å². The molecule has 1 saturated heterocycles. The molecule has 1 amide bonds. The van der Waals surface area contributed by atoms with Crippen molar-refractivity contribution in [1.29, 1.82) is 0 Å². The quantitative estimate of drug-likeness (QED) is 0.650. The highest BCUT2D eigenvalue weighted by molar-refractivity contribution is 5.71. The molecule has 1 fully saturated rings. The fourth-order valence-electron chi connectivity index (χ4n) is 2.03. The lowest BCUT2D eigenvalue weighted by Crippen LogP contribution is -2.24. The minimum absolute atomic E-state index is 0.0203. The molecule has 0 aromatic heterocycles. The summed E-state index contributed by atoms with van der Waals surface area (Å²) >= 11 is 0. The molecule has 2 rings (SSSR count). The van der Waals surface area contributed by atoms with E-state index in [2.05, 4.69) is 5.32 Å². The summed E-state index contributed by atoms with van der Waals surface area (Å²) in [5, 5.41) is 14.0. The van der Waals surface area contributed by atoms with Gasteiger partial charge in [0.15, 0.2) is 0 Å². The van der Waals surface area contributed by atoms with E-state index < -0.39 is 4.92 Å². The van der Waals surface area contributed by atoms with Crippen LogP contribution in [0.25, 0.3) is 0 Å². The first kappa shape index (κ1) is 13.1. The molecule has 1 heterocycles. The zero-order chi connectivity index (χ0) is 13.8. The van der Waals surface area contributed by atoms with Crippen LogP contribution in [0.5, 0.6) is 0 Å². The monoisotopic (exact) mass is 265 g/mol. The number of hydrogen-bond donors (Lipinski definition) is 1. The van der Waals surface area contributed by atoms with Gasteiger partial charge in [-0.3, -0.25) is 10.1 Å². The Labute approximate surface area is 110 Å². The van der Waals surface area contributed by atoms with Crippen molar-refractivity contribution in [2.45, 2.75) is 13.5 Å². The molecule has 7 heteroatoms.